The Labute approximate surface area is 214 Å². The van der Waals surface area contributed by atoms with Crippen LogP contribution in [0.4, 0.5) is 14.5 Å². The van der Waals surface area contributed by atoms with E-state index in [9.17, 15) is 22.0 Å². The fourth-order valence-corrected chi connectivity index (χ4v) is 4.95. The molecule has 0 aliphatic rings. The van der Waals surface area contributed by atoms with E-state index in [4.69, 9.17) is 4.74 Å². The molecule has 0 aliphatic carbocycles. The van der Waals surface area contributed by atoms with Gasteiger partial charge in [0.05, 0.1) is 28.1 Å². The van der Waals surface area contributed by atoms with E-state index < -0.39 is 27.1 Å². The first-order chi connectivity index (χ1) is 17.4. The number of imidazole rings is 1. The van der Waals surface area contributed by atoms with Gasteiger partial charge >= 0.3 is 0 Å². The van der Waals surface area contributed by atoms with E-state index in [0.29, 0.717) is 22.6 Å². The molecule has 0 aliphatic heterocycles. The Morgan fingerprint density at radius 1 is 1.03 bits per heavy atom. The third-order valence-corrected chi connectivity index (χ3v) is 7.74. The van der Waals surface area contributed by atoms with Crippen LogP contribution in [0.15, 0.2) is 65.6 Å². The van der Waals surface area contributed by atoms with Crippen LogP contribution in [0.25, 0.3) is 11.0 Å². The largest absolute Gasteiger partial charge is 0.480 e. The number of nitrogens with zero attached hydrogens (tertiary/aromatic N) is 2. The van der Waals surface area contributed by atoms with Crippen molar-refractivity contribution in [1.29, 1.82) is 0 Å². The summed E-state index contributed by atoms with van der Waals surface area (Å²) in [4.78, 5) is 17.5. The van der Waals surface area contributed by atoms with Crippen molar-refractivity contribution in [1.82, 2.24) is 9.55 Å². The van der Waals surface area contributed by atoms with Gasteiger partial charge in [-0.1, -0.05) is 19.1 Å². The highest BCUT2D eigenvalue weighted by Gasteiger charge is 2.29. The molecule has 4 aromatic rings. The molecule has 1 N–H and O–H groups in total. The summed E-state index contributed by atoms with van der Waals surface area (Å²) >= 11 is 0. The molecule has 0 radical (unpaired) electrons. The fraction of sp³-hybridized carbons (Fsp3) is 0.259. The summed E-state index contributed by atoms with van der Waals surface area (Å²) in [6.45, 7) is 5.13. The quantitative estimate of drug-likeness (QED) is 0.343. The molecule has 0 atom stereocenters. The van der Waals surface area contributed by atoms with Crippen LogP contribution in [0.3, 0.4) is 0 Å². The molecule has 4 rings (SSSR count). The summed E-state index contributed by atoms with van der Waals surface area (Å²) in [5.74, 6) is -1.48. The molecule has 0 spiro atoms. The Balaban J connectivity index is 1.50. The molecule has 3 aromatic carbocycles. The van der Waals surface area contributed by atoms with E-state index in [1.807, 2.05) is 17.7 Å². The summed E-state index contributed by atoms with van der Waals surface area (Å²) in [6, 6.07) is 14.9. The summed E-state index contributed by atoms with van der Waals surface area (Å²) in [6.07, 6.45) is 0.0764. The maximum absolute atomic E-state index is 13.6. The van der Waals surface area contributed by atoms with Crippen LogP contribution in [-0.2, 0) is 33.7 Å². The number of halogens is 2. The van der Waals surface area contributed by atoms with Crippen LogP contribution in [0.5, 0.6) is 5.75 Å². The number of nitrogens with one attached hydrogen (secondary N) is 1. The smallest absolute Gasteiger partial charge is 0.228 e. The number of anilines is 1. The monoisotopic (exact) mass is 527 g/mol. The van der Waals surface area contributed by atoms with Crippen LogP contribution in [0.2, 0.25) is 0 Å². The van der Waals surface area contributed by atoms with Gasteiger partial charge in [-0.2, -0.15) is 0 Å². The van der Waals surface area contributed by atoms with Crippen molar-refractivity contribution in [3.8, 4) is 5.75 Å². The van der Waals surface area contributed by atoms with Crippen LogP contribution >= 0.6 is 0 Å². The van der Waals surface area contributed by atoms with Crippen molar-refractivity contribution in [3.63, 3.8) is 0 Å². The predicted molar refractivity (Wildman–Crippen MR) is 137 cm³/mol. The Morgan fingerprint density at radius 3 is 2.38 bits per heavy atom. The number of hydrogen-bond acceptors (Lipinski definition) is 5. The molecule has 1 aromatic heterocycles. The zero-order chi connectivity index (χ0) is 27.0. The normalized spacial score (nSPS) is 12.1. The van der Waals surface area contributed by atoms with Crippen molar-refractivity contribution in [2.75, 3.05) is 11.1 Å². The summed E-state index contributed by atoms with van der Waals surface area (Å²) < 4.78 is 58.6. The van der Waals surface area contributed by atoms with Gasteiger partial charge in [-0.05, 0) is 61.9 Å². The van der Waals surface area contributed by atoms with Gasteiger partial charge in [0.1, 0.15) is 5.75 Å². The van der Waals surface area contributed by atoms with Gasteiger partial charge in [-0.25, -0.2) is 22.2 Å². The number of carbonyl (C=O) groups is 1. The predicted octanol–water partition coefficient (Wildman–Crippen LogP) is 5.14. The van der Waals surface area contributed by atoms with Gasteiger partial charge in [0, 0.05) is 18.8 Å². The van der Waals surface area contributed by atoms with Crippen LogP contribution in [-0.4, -0.2) is 29.6 Å². The second-order valence-corrected chi connectivity index (χ2v) is 11.4. The maximum Gasteiger partial charge on any atom is 0.228 e. The lowest BCUT2D eigenvalue weighted by molar-refractivity contribution is -0.115. The minimum Gasteiger partial charge on any atom is -0.480 e. The Hall–Kier alpha value is -3.79. The number of sulfone groups is 1. The van der Waals surface area contributed by atoms with Crippen molar-refractivity contribution < 1.29 is 26.7 Å². The van der Waals surface area contributed by atoms with Gasteiger partial charge in [0.25, 0.3) is 0 Å². The number of aromatic nitrogens is 2. The van der Waals surface area contributed by atoms with Crippen LogP contribution in [0.1, 0.15) is 32.2 Å². The Kier molecular flexibility index (Phi) is 7.05. The van der Waals surface area contributed by atoms with Crippen LogP contribution in [0, 0.1) is 11.6 Å². The number of benzene rings is 3. The summed E-state index contributed by atoms with van der Waals surface area (Å²) in [5.41, 5.74) is 1.67. The summed E-state index contributed by atoms with van der Waals surface area (Å²) in [5, 5.41) is 2.84. The average Bonchev–Trinajstić information content (AvgIpc) is 3.18. The standard InChI is InChI=1S/C27H27F2N3O4S/c1-5-37(34,35)20-10-6-17(7-11-20)14-25(33)30-18-8-13-24-23(15-18)31-26(32(24)4)27(2,3)36-19-9-12-21(28)22(29)16-19/h6-13,15-16H,5,14H2,1-4H3,(H,30,33). The third kappa shape index (κ3) is 5.64. The van der Waals surface area contributed by atoms with E-state index in [1.54, 1.807) is 45.0 Å². The molecule has 0 unspecified atom stereocenters. The number of amides is 1. The molecule has 0 bridgehead atoms. The topological polar surface area (TPSA) is 90.3 Å². The van der Waals surface area contributed by atoms with Gasteiger partial charge in [0.2, 0.25) is 5.91 Å². The molecular formula is C27H27F2N3O4S. The zero-order valence-corrected chi connectivity index (χ0v) is 21.7. The lowest BCUT2D eigenvalue weighted by atomic mass is 10.1. The second kappa shape index (κ2) is 9.93. The van der Waals surface area contributed by atoms with E-state index >= 15 is 0 Å². The van der Waals surface area contributed by atoms with Crippen LogP contribution < -0.4 is 10.1 Å². The van der Waals surface area contributed by atoms with Gasteiger partial charge in [-0.3, -0.25) is 4.79 Å². The molecule has 0 saturated carbocycles. The third-order valence-electron chi connectivity index (χ3n) is 5.99. The molecule has 1 amide bonds. The highest BCUT2D eigenvalue weighted by molar-refractivity contribution is 7.91. The lowest BCUT2D eigenvalue weighted by Crippen LogP contribution is -2.29. The number of aryl methyl sites for hydroxylation is 1. The number of rotatable bonds is 8. The van der Waals surface area contributed by atoms with E-state index in [1.165, 1.54) is 18.2 Å². The highest BCUT2D eigenvalue weighted by Crippen LogP contribution is 2.31. The Morgan fingerprint density at radius 2 is 1.73 bits per heavy atom. The first-order valence-corrected chi connectivity index (χ1v) is 13.3. The molecule has 10 heteroatoms. The average molecular weight is 528 g/mol. The van der Waals surface area contributed by atoms with Gasteiger partial charge in [-0.15, -0.1) is 0 Å². The Bertz CT molecular complexity index is 1580. The fourth-order valence-electron chi connectivity index (χ4n) is 4.07. The zero-order valence-electron chi connectivity index (χ0n) is 20.9. The van der Waals surface area contributed by atoms with Crippen molar-refractivity contribution in [2.24, 2.45) is 7.05 Å². The lowest BCUT2D eigenvalue weighted by Gasteiger charge is -2.26. The minimum absolute atomic E-state index is 0.0125. The molecule has 194 valence electrons. The van der Waals surface area contributed by atoms with Gasteiger partial charge < -0.3 is 14.6 Å². The minimum atomic E-state index is -3.30. The highest BCUT2D eigenvalue weighted by atomic mass is 32.2. The number of ether oxygens (including phenoxy) is 1. The van der Waals surface area contributed by atoms with Gasteiger partial charge in [0.15, 0.2) is 32.9 Å². The maximum atomic E-state index is 13.6. The first kappa shape index (κ1) is 26.3. The molecule has 7 nitrogen and oxygen atoms in total. The SMILES string of the molecule is CCS(=O)(=O)c1ccc(CC(=O)Nc2ccc3c(c2)nc(C(C)(C)Oc2ccc(F)c(F)c2)n3C)cc1. The number of hydrogen-bond donors (Lipinski definition) is 1. The summed E-state index contributed by atoms with van der Waals surface area (Å²) in [7, 11) is -1.48. The van der Waals surface area contributed by atoms with Crippen molar-refractivity contribution in [3.05, 3.63) is 83.7 Å². The number of fused-ring (bicyclic) bond motifs is 1. The molecule has 1 heterocycles. The molecule has 0 saturated heterocycles. The van der Waals surface area contributed by atoms with E-state index in [0.717, 1.165) is 17.6 Å². The second-order valence-electron chi connectivity index (χ2n) is 9.16. The molecule has 0 fully saturated rings. The van der Waals surface area contributed by atoms with E-state index in [2.05, 4.69) is 10.3 Å². The van der Waals surface area contributed by atoms with E-state index in [-0.39, 0.29) is 28.7 Å². The first-order valence-electron chi connectivity index (χ1n) is 11.6. The number of carbonyl (C=O) groups excluding carboxylic acids is 1. The molecular weight excluding hydrogens is 500 g/mol. The van der Waals surface area contributed by atoms with Crippen molar-refractivity contribution >= 4 is 32.5 Å². The van der Waals surface area contributed by atoms with Crippen molar-refractivity contribution in [2.45, 2.75) is 37.7 Å². The molecule has 37 heavy (non-hydrogen) atoms.